The summed E-state index contributed by atoms with van der Waals surface area (Å²) in [4.78, 5) is 0. The van der Waals surface area contributed by atoms with Crippen molar-refractivity contribution in [1.29, 1.82) is 0 Å². The molecular formula is C12H15Cl2NO. The third-order valence-corrected chi connectivity index (χ3v) is 3.75. The molecule has 2 N–H and O–H groups in total. The van der Waals surface area contributed by atoms with Crippen molar-refractivity contribution in [3.63, 3.8) is 0 Å². The third-order valence-electron chi connectivity index (χ3n) is 3.01. The molecule has 88 valence electrons. The van der Waals surface area contributed by atoms with Gasteiger partial charge in [-0.3, -0.25) is 0 Å². The molecule has 2 rings (SSSR count). The highest BCUT2D eigenvalue weighted by Crippen LogP contribution is 2.25. The van der Waals surface area contributed by atoms with E-state index in [2.05, 4.69) is 0 Å². The summed E-state index contributed by atoms with van der Waals surface area (Å²) in [5, 5.41) is 1.19. The maximum Gasteiger partial charge on any atom is 0.0595 e. The van der Waals surface area contributed by atoms with Gasteiger partial charge in [0.15, 0.2) is 0 Å². The molecule has 0 radical (unpaired) electrons. The van der Waals surface area contributed by atoms with Crippen molar-refractivity contribution in [3.8, 4) is 0 Å². The van der Waals surface area contributed by atoms with Crippen LogP contribution in [0.25, 0.3) is 0 Å². The van der Waals surface area contributed by atoms with Crippen molar-refractivity contribution < 1.29 is 4.74 Å². The van der Waals surface area contributed by atoms with Crippen LogP contribution < -0.4 is 5.73 Å². The van der Waals surface area contributed by atoms with Crippen molar-refractivity contribution in [1.82, 2.24) is 0 Å². The Bertz CT molecular complexity index is 370. The van der Waals surface area contributed by atoms with Crippen molar-refractivity contribution in [2.45, 2.75) is 18.9 Å². The summed E-state index contributed by atoms with van der Waals surface area (Å²) in [5.41, 5.74) is 7.22. The minimum atomic E-state index is 0.225. The lowest BCUT2D eigenvalue weighted by molar-refractivity contribution is 0.0422. The zero-order valence-corrected chi connectivity index (χ0v) is 10.5. The Morgan fingerprint density at radius 3 is 2.81 bits per heavy atom. The van der Waals surface area contributed by atoms with E-state index in [1.165, 1.54) is 5.56 Å². The van der Waals surface area contributed by atoms with E-state index in [0.717, 1.165) is 26.1 Å². The second kappa shape index (κ2) is 5.37. The van der Waals surface area contributed by atoms with Gasteiger partial charge in [-0.05, 0) is 30.5 Å². The normalized spacial score (nSPS) is 25.7. The molecule has 16 heavy (non-hydrogen) atoms. The maximum absolute atomic E-state index is 6.06. The summed E-state index contributed by atoms with van der Waals surface area (Å²) in [6, 6.07) is 5.96. The number of nitrogens with two attached hydrogens (primary N) is 1. The quantitative estimate of drug-likeness (QED) is 0.887. The summed E-state index contributed by atoms with van der Waals surface area (Å²) in [6.07, 6.45) is 1.84. The molecule has 2 nitrogen and oxygen atoms in total. The molecule has 1 aliphatic rings. The molecule has 1 heterocycles. The second-order valence-corrected chi connectivity index (χ2v) is 5.05. The summed E-state index contributed by atoms with van der Waals surface area (Å²) >= 11 is 11.8. The molecule has 1 aliphatic heterocycles. The van der Waals surface area contributed by atoms with Gasteiger partial charge in [-0.2, -0.15) is 0 Å². The lowest BCUT2D eigenvalue weighted by atomic mass is 9.90. The molecule has 0 spiro atoms. The summed E-state index contributed by atoms with van der Waals surface area (Å²) in [7, 11) is 0. The fourth-order valence-corrected chi connectivity index (χ4v) is 2.31. The van der Waals surface area contributed by atoms with E-state index in [1.807, 2.05) is 18.2 Å². The van der Waals surface area contributed by atoms with Crippen molar-refractivity contribution >= 4 is 23.2 Å². The number of halogens is 2. The van der Waals surface area contributed by atoms with Crippen LogP contribution in [-0.4, -0.2) is 19.3 Å². The molecule has 1 aromatic carbocycles. The van der Waals surface area contributed by atoms with Gasteiger partial charge in [0.05, 0.1) is 16.7 Å². The van der Waals surface area contributed by atoms with E-state index < -0.39 is 0 Å². The Kier molecular flexibility index (Phi) is 4.09. The molecule has 1 saturated heterocycles. The number of ether oxygens (including phenoxy) is 1. The van der Waals surface area contributed by atoms with E-state index >= 15 is 0 Å². The van der Waals surface area contributed by atoms with E-state index in [1.54, 1.807) is 0 Å². The van der Waals surface area contributed by atoms with Gasteiger partial charge in [-0.25, -0.2) is 0 Å². The largest absolute Gasteiger partial charge is 0.381 e. The van der Waals surface area contributed by atoms with E-state index in [-0.39, 0.29) is 6.04 Å². The van der Waals surface area contributed by atoms with Crippen LogP contribution in [0.2, 0.25) is 10.0 Å². The SMILES string of the molecule is N[C@@H]1CCOC[C@H]1Cc1ccc(Cl)c(Cl)c1. The van der Waals surface area contributed by atoms with Gasteiger partial charge in [-0.1, -0.05) is 29.3 Å². The third kappa shape index (κ3) is 2.89. The van der Waals surface area contributed by atoms with Crippen molar-refractivity contribution in [2.75, 3.05) is 13.2 Å². The second-order valence-electron chi connectivity index (χ2n) is 4.24. The monoisotopic (exact) mass is 259 g/mol. The zero-order chi connectivity index (χ0) is 11.5. The van der Waals surface area contributed by atoms with Crippen LogP contribution in [0.15, 0.2) is 18.2 Å². The molecule has 4 heteroatoms. The average molecular weight is 260 g/mol. The predicted octanol–water partition coefficient (Wildman–Crippen LogP) is 2.90. The minimum absolute atomic E-state index is 0.225. The summed E-state index contributed by atoms with van der Waals surface area (Å²) in [5.74, 6) is 0.381. The Morgan fingerprint density at radius 2 is 2.12 bits per heavy atom. The molecule has 0 aromatic heterocycles. The first-order valence-electron chi connectivity index (χ1n) is 5.44. The van der Waals surface area contributed by atoms with Gasteiger partial charge >= 0.3 is 0 Å². The highest BCUT2D eigenvalue weighted by molar-refractivity contribution is 6.42. The van der Waals surface area contributed by atoms with Gasteiger partial charge in [0.1, 0.15) is 0 Å². The van der Waals surface area contributed by atoms with Gasteiger partial charge < -0.3 is 10.5 Å². The van der Waals surface area contributed by atoms with E-state index in [9.17, 15) is 0 Å². The lowest BCUT2D eigenvalue weighted by Gasteiger charge is -2.28. The molecule has 0 aliphatic carbocycles. The first-order chi connectivity index (χ1) is 7.66. The van der Waals surface area contributed by atoms with Crippen molar-refractivity contribution in [3.05, 3.63) is 33.8 Å². The van der Waals surface area contributed by atoms with Crippen molar-refractivity contribution in [2.24, 2.45) is 11.7 Å². The highest BCUT2D eigenvalue weighted by atomic mass is 35.5. The van der Waals surface area contributed by atoms with Crippen LogP contribution in [0.4, 0.5) is 0 Å². The Morgan fingerprint density at radius 1 is 1.31 bits per heavy atom. The first kappa shape index (κ1) is 12.2. The fourth-order valence-electron chi connectivity index (χ4n) is 1.99. The molecule has 1 aromatic rings. The Labute approximate surface area is 106 Å². The average Bonchev–Trinajstić information content (AvgIpc) is 2.27. The minimum Gasteiger partial charge on any atom is -0.381 e. The zero-order valence-electron chi connectivity index (χ0n) is 8.96. The van der Waals surface area contributed by atoms with Gasteiger partial charge in [0.25, 0.3) is 0 Å². The summed E-state index contributed by atoms with van der Waals surface area (Å²) in [6.45, 7) is 1.51. The van der Waals surface area contributed by atoms with E-state index in [4.69, 9.17) is 33.7 Å². The van der Waals surface area contributed by atoms with Crippen LogP contribution in [0.5, 0.6) is 0 Å². The number of hydrogen-bond donors (Lipinski definition) is 1. The maximum atomic E-state index is 6.06. The van der Waals surface area contributed by atoms with Crippen LogP contribution in [0.1, 0.15) is 12.0 Å². The Balaban J connectivity index is 2.05. The lowest BCUT2D eigenvalue weighted by Crippen LogP contribution is -2.39. The van der Waals surface area contributed by atoms with Gasteiger partial charge in [-0.15, -0.1) is 0 Å². The standard InChI is InChI=1S/C12H15Cl2NO/c13-10-2-1-8(6-11(10)14)5-9-7-16-4-3-12(9)15/h1-2,6,9,12H,3-5,7,15H2/t9-,12-/m1/s1. The van der Waals surface area contributed by atoms with Crippen LogP contribution in [0, 0.1) is 5.92 Å². The van der Waals surface area contributed by atoms with Crippen LogP contribution in [0.3, 0.4) is 0 Å². The smallest absolute Gasteiger partial charge is 0.0595 e. The highest BCUT2D eigenvalue weighted by Gasteiger charge is 2.22. The van der Waals surface area contributed by atoms with Crippen LogP contribution in [-0.2, 0) is 11.2 Å². The molecule has 0 bridgehead atoms. The van der Waals surface area contributed by atoms with Crippen LogP contribution >= 0.6 is 23.2 Å². The topological polar surface area (TPSA) is 35.2 Å². The van der Waals surface area contributed by atoms with Gasteiger partial charge in [0.2, 0.25) is 0 Å². The molecule has 0 saturated carbocycles. The fraction of sp³-hybridized carbons (Fsp3) is 0.500. The van der Waals surface area contributed by atoms with E-state index in [0.29, 0.717) is 16.0 Å². The summed E-state index contributed by atoms with van der Waals surface area (Å²) < 4.78 is 5.44. The molecular weight excluding hydrogens is 245 g/mol. The Hall–Kier alpha value is -0.280. The van der Waals surface area contributed by atoms with Gasteiger partial charge in [0, 0.05) is 18.6 Å². The molecule has 0 amide bonds. The predicted molar refractivity (Wildman–Crippen MR) is 67.1 cm³/mol. The number of benzene rings is 1. The molecule has 2 atom stereocenters. The number of hydrogen-bond acceptors (Lipinski definition) is 2. The molecule has 0 unspecified atom stereocenters. The first-order valence-corrected chi connectivity index (χ1v) is 6.19. The number of rotatable bonds is 2. The molecule has 1 fully saturated rings.